The Hall–Kier alpha value is -0.0800. The van der Waals surface area contributed by atoms with Crippen molar-refractivity contribution in [3.8, 4) is 0 Å². The van der Waals surface area contributed by atoms with Crippen LogP contribution in [0, 0.1) is 0 Å². The molecule has 0 amide bonds. The van der Waals surface area contributed by atoms with Crippen molar-refractivity contribution in [2.24, 2.45) is 0 Å². The Bertz CT molecular complexity index is 278. The van der Waals surface area contributed by atoms with Crippen molar-refractivity contribution in [3.63, 3.8) is 0 Å². The van der Waals surface area contributed by atoms with Gasteiger partial charge in [-0.1, -0.05) is 20.3 Å². The first-order chi connectivity index (χ1) is 9.29. The number of hydrogen-bond donors (Lipinski definition) is 1. The molecule has 110 valence electrons. The molecular weight excluding hydrogens is 232 g/mol. The number of piperidine rings is 2. The van der Waals surface area contributed by atoms with Crippen molar-refractivity contribution in [3.05, 3.63) is 0 Å². The van der Waals surface area contributed by atoms with Gasteiger partial charge in [0.25, 0.3) is 0 Å². The Morgan fingerprint density at radius 2 is 1.74 bits per heavy atom. The number of rotatable bonds is 5. The highest BCUT2D eigenvalue weighted by Gasteiger charge is 2.50. The molecule has 3 fully saturated rings. The van der Waals surface area contributed by atoms with Crippen LogP contribution in [0.1, 0.15) is 78.1 Å². The van der Waals surface area contributed by atoms with E-state index in [1.807, 2.05) is 0 Å². The van der Waals surface area contributed by atoms with Crippen LogP contribution >= 0.6 is 0 Å². The van der Waals surface area contributed by atoms with Gasteiger partial charge in [-0.3, -0.25) is 4.90 Å². The fourth-order valence-corrected chi connectivity index (χ4v) is 5.05. The molecule has 2 heteroatoms. The monoisotopic (exact) mass is 264 g/mol. The largest absolute Gasteiger partial charge is 0.314 e. The first-order valence-corrected chi connectivity index (χ1v) is 8.81. The molecule has 1 N–H and O–H groups in total. The summed E-state index contributed by atoms with van der Waals surface area (Å²) in [5.74, 6) is 0. The first kappa shape index (κ1) is 13.9. The van der Waals surface area contributed by atoms with Crippen LogP contribution in [-0.4, -0.2) is 35.1 Å². The van der Waals surface area contributed by atoms with Crippen molar-refractivity contribution in [2.45, 2.75) is 102 Å². The van der Waals surface area contributed by atoms with E-state index in [0.717, 1.165) is 18.1 Å². The van der Waals surface area contributed by atoms with Crippen molar-refractivity contribution in [1.82, 2.24) is 10.2 Å². The zero-order chi connectivity index (χ0) is 13.3. The Balaban J connectivity index is 1.70. The van der Waals surface area contributed by atoms with E-state index in [1.165, 1.54) is 70.8 Å². The highest BCUT2D eigenvalue weighted by Crippen LogP contribution is 2.48. The van der Waals surface area contributed by atoms with E-state index >= 15 is 0 Å². The van der Waals surface area contributed by atoms with Gasteiger partial charge in [0.05, 0.1) is 0 Å². The van der Waals surface area contributed by atoms with Crippen LogP contribution < -0.4 is 5.32 Å². The molecule has 0 spiro atoms. The van der Waals surface area contributed by atoms with Gasteiger partial charge in [0.15, 0.2) is 0 Å². The molecule has 0 aromatic rings. The molecule has 2 saturated heterocycles. The molecule has 0 aromatic carbocycles. The number of fused-ring (bicyclic) bond motifs is 2. The van der Waals surface area contributed by atoms with E-state index in [1.54, 1.807) is 0 Å². The van der Waals surface area contributed by atoms with Gasteiger partial charge >= 0.3 is 0 Å². The van der Waals surface area contributed by atoms with Gasteiger partial charge < -0.3 is 5.32 Å². The molecule has 2 aliphatic heterocycles. The zero-order valence-corrected chi connectivity index (χ0v) is 13.0. The third kappa shape index (κ3) is 2.47. The molecule has 0 radical (unpaired) electrons. The summed E-state index contributed by atoms with van der Waals surface area (Å²) in [7, 11) is 0. The highest BCUT2D eigenvalue weighted by atomic mass is 15.3. The summed E-state index contributed by atoms with van der Waals surface area (Å²) in [6, 6.07) is 2.59. The molecule has 2 unspecified atom stereocenters. The molecule has 1 aliphatic carbocycles. The SMILES string of the molecule is CCCNC1CC2CCCC(C1)N2C1(CC)CCC1. The van der Waals surface area contributed by atoms with E-state index in [-0.39, 0.29) is 0 Å². The first-order valence-electron chi connectivity index (χ1n) is 8.81. The topological polar surface area (TPSA) is 15.3 Å². The predicted octanol–water partition coefficient (Wildman–Crippen LogP) is 3.70. The van der Waals surface area contributed by atoms with Gasteiger partial charge in [0, 0.05) is 23.7 Å². The lowest BCUT2D eigenvalue weighted by Crippen LogP contribution is -2.66. The smallest absolute Gasteiger partial charge is 0.0212 e. The summed E-state index contributed by atoms with van der Waals surface area (Å²) < 4.78 is 0. The minimum Gasteiger partial charge on any atom is -0.314 e. The lowest BCUT2D eigenvalue weighted by atomic mass is 9.68. The second-order valence-corrected chi connectivity index (χ2v) is 7.20. The predicted molar refractivity (Wildman–Crippen MR) is 81.5 cm³/mol. The summed E-state index contributed by atoms with van der Waals surface area (Å²) >= 11 is 0. The molecular formula is C17H32N2. The average Bonchev–Trinajstić information content (AvgIpc) is 2.36. The highest BCUT2D eigenvalue weighted by molar-refractivity contribution is 5.06. The summed E-state index contributed by atoms with van der Waals surface area (Å²) in [6.07, 6.45) is 14.3. The number of nitrogens with zero attached hydrogens (tertiary/aromatic N) is 1. The molecule has 0 aromatic heterocycles. The van der Waals surface area contributed by atoms with Crippen molar-refractivity contribution in [2.75, 3.05) is 6.54 Å². The molecule has 2 bridgehead atoms. The van der Waals surface area contributed by atoms with E-state index in [9.17, 15) is 0 Å². The van der Waals surface area contributed by atoms with Crippen molar-refractivity contribution >= 4 is 0 Å². The van der Waals surface area contributed by atoms with Crippen LogP contribution in [0.4, 0.5) is 0 Å². The van der Waals surface area contributed by atoms with Gasteiger partial charge in [0.1, 0.15) is 0 Å². The van der Waals surface area contributed by atoms with E-state index < -0.39 is 0 Å². The second-order valence-electron chi connectivity index (χ2n) is 7.20. The minimum absolute atomic E-state index is 0.617. The van der Waals surface area contributed by atoms with Crippen LogP contribution in [0.5, 0.6) is 0 Å². The minimum atomic E-state index is 0.617. The number of nitrogens with one attached hydrogen (secondary N) is 1. The molecule has 2 heterocycles. The van der Waals surface area contributed by atoms with E-state index in [4.69, 9.17) is 0 Å². The van der Waals surface area contributed by atoms with Crippen LogP contribution in [0.3, 0.4) is 0 Å². The fraction of sp³-hybridized carbons (Fsp3) is 1.00. The lowest BCUT2D eigenvalue weighted by molar-refractivity contribution is -0.100. The van der Waals surface area contributed by atoms with E-state index in [0.29, 0.717) is 5.54 Å². The molecule has 3 aliphatic rings. The average molecular weight is 264 g/mol. The second kappa shape index (κ2) is 5.73. The Labute approximate surface area is 119 Å². The summed E-state index contributed by atoms with van der Waals surface area (Å²) in [4.78, 5) is 3.02. The normalized spacial score (nSPS) is 37.9. The van der Waals surface area contributed by atoms with Gasteiger partial charge in [-0.25, -0.2) is 0 Å². The van der Waals surface area contributed by atoms with Crippen molar-refractivity contribution < 1.29 is 0 Å². The molecule has 19 heavy (non-hydrogen) atoms. The van der Waals surface area contributed by atoms with Gasteiger partial charge in [0.2, 0.25) is 0 Å². The van der Waals surface area contributed by atoms with Gasteiger partial charge in [-0.15, -0.1) is 0 Å². The maximum atomic E-state index is 3.80. The molecule has 2 atom stereocenters. The van der Waals surface area contributed by atoms with Crippen LogP contribution in [0.2, 0.25) is 0 Å². The third-order valence-corrected chi connectivity index (χ3v) is 6.15. The molecule has 2 nitrogen and oxygen atoms in total. The van der Waals surface area contributed by atoms with Crippen LogP contribution in [0.15, 0.2) is 0 Å². The lowest BCUT2D eigenvalue weighted by Gasteiger charge is -2.61. The fourth-order valence-electron chi connectivity index (χ4n) is 5.05. The van der Waals surface area contributed by atoms with Crippen LogP contribution in [0.25, 0.3) is 0 Å². The Morgan fingerprint density at radius 1 is 1.05 bits per heavy atom. The Kier molecular flexibility index (Phi) is 4.19. The third-order valence-electron chi connectivity index (χ3n) is 6.15. The van der Waals surface area contributed by atoms with E-state index in [2.05, 4.69) is 24.1 Å². The van der Waals surface area contributed by atoms with Crippen LogP contribution in [-0.2, 0) is 0 Å². The Morgan fingerprint density at radius 3 is 2.21 bits per heavy atom. The molecule has 3 rings (SSSR count). The number of hydrogen-bond acceptors (Lipinski definition) is 2. The maximum absolute atomic E-state index is 3.80. The summed E-state index contributed by atoms with van der Waals surface area (Å²) in [5.41, 5.74) is 0.617. The quantitative estimate of drug-likeness (QED) is 0.814. The van der Waals surface area contributed by atoms with Gasteiger partial charge in [-0.05, 0) is 64.3 Å². The molecule has 1 saturated carbocycles. The maximum Gasteiger partial charge on any atom is 0.0212 e. The van der Waals surface area contributed by atoms with Gasteiger partial charge in [-0.2, -0.15) is 0 Å². The summed E-state index contributed by atoms with van der Waals surface area (Å²) in [6.45, 7) is 5.92. The standard InChI is InChI=1S/C17H32N2/c1-3-11-18-14-12-15-7-5-8-16(13-14)19(15)17(4-2)9-6-10-17/h14-16,18H,3-13H2,1-2H3. The van der Waals surface area contributed by atoms with Crippen molar-refractivity contribution in [1.29, 1.82) is 0 Å². The zero-order valence-electron chi connectivity index (χ0n) is 13.0. The summed E-state index contributed by atoms with van der Waals surface area (Å²) in [5, 5.41) is 3.80.